The van der Waals surface area contributed by atoms with Crippen LogP contribution in [0.3, 0.4) is 0 Å². The molecule has 0 saturated carbocycles. The molecule has 0 fully saturated rings. The third-order valence-electron chi connectivity index (χ3n) is 4.54. The molecular weight excluding hydrogens is 417 g/mol. The van der Waals surface area contributed by atoms with E-state index in [1.54, 1.807) is 17.8 Å². The van der Waals surface area contributed by atoms with Crippen LogP contribution in [0, 0.1) is 0 Å². The first-order valence-electron chi connectivity index (χ1n) is 9.04. The van der Waals surface area contributed by atoms with Crippen molar-refractivity contribution < 1.29 is 0 Å². The van der Waals surface area contributed by atoms with Gasteiger partial charge in [-0.1, -0.05) is 77.3 Å². The summed E-state index contributed by atoms with van der Waals surface area (Å²) in [6.45, 7) is 3.21. The molecule has 0 bridgehead atoms. The standard InChI is InChI=1S/C22H22Cl3NS/c1-15(17-10-6-8-16-7-2-3-9-18(16)17)26-11-4-5-12-27-22-14-20(24)19(23)13-21(22)25/h2-3,6-10,13-15,26H,4-5,11-12H2,1H3/t15-/m1/s1. The zero-order valence-electron chi connectivity index (χ0n) is 15.1. The van der Waals surface area contributed by atoms with Gasteiger partial charge in [0.05, 0.1) is 15.1 Å². The van der Waals surface area contributed by atoms with Gasteiger partial charge in [0.1, 0.15) is 0 Å². The monoisotopic (exact) mass is 437 g/mol. The Morgan fingerprint density at radius 2 is 1.63 bits per heavy atom. The number of hydrogen-bond acceptors (Lipinski definition) is 2. The van der Waals surface area contributed by atoms with E-state index in [0.717, 1.165) is 30.0 Å². The van der Waals surface area contributed by atoms with Gasteiger partial charge in [-0.15, -0.1) is 11.8 Å². The SMILES string of the molecule is C[C@@H](NCCCCSc1cc(Cl)c(Cl)cc1Cl)c1cccc2ccccc12. The smallest absolute Gasteiger partial charge is 0.0607 e. The zero-order chi connectivity index (χ0) is 19.2. The molecule has 142 valence electrons. The number of thioether (sulfide) groups is 1. The molecule has 1 nitrogen and oxygen atoms in total. The minimum atomic E-state index is 0.327. The minimum Gasteiger partial charge on any atom is -0.310 e. The van der Waals surface area contributed by atoms with Gasteiger partial charge < -0.3 is 5.32 Å². The van der Waals surface area contributed by atoms with E-state index in [0.29, 0.717) is 21.1 Å². The Morgan fingerprint density at radius 1 is 0.889 bits per heavy atom. The van der Waals surface area contributed by atoms with Crippen LogP contribution < -0.4 is 5.32 Å². The minimum absolute atomic E-state index is 0.327. The summed E-state index contributed by atoms with van der Waals surface area (Å²) in [5, 5.41) is 7.97. The topological polar surface area (TPSA) is 12.0 Å². The first-order chi connectivity index (χ1) is 13.1. The van der Waals surface area contributed by atoms with Crippen molar-refractivity contribution in [1.29, 1.82) is 0 Å². The van der Waals surface area contributed by atoms with Crippen LogP contribution in [-0.2, 0) is 0 Å². The third kappa shape index (κ3) is 5.56. The Morgan fingerprint density at radius 3 is 2.48 bits per heavy atom. The molecular formula is C22H22Cl3NS. The van der Waals surface area contributed by atoms with E-state index in [4.69, 9.17) is 34.8 Å². The van der Waals surface area contributed by atoms with Crippen LogP contribution in [0.15, 0.2) is 59.5 Å². The highest BCUT2D eigenvalue weighted by atomic mass is 35.5. The van der Waals surface area contributed by atoms with E-state index in [2.05, 4.69) is 54.7 Å². The van der Waals surface area contributed by atoms with Crippen LogP contribution in [0.5, 0.6) is 0 Å². The summed E-state index contributed by atoms with van der Waals surface area (Å²) in [7, 11) is 0. The Bertz CT molecular complexity index is 908. The second-order valence-corrected chi connectivity index (χ2v) is 8.85. The first-order valence-corrected chi connectivity index (χ1v) is 11.2. The molecule has 3 aromatic rings. The largest absolute Gasteiger partial charge is 0.310 e. The van der Waals surface area contributed by atoms with Gasteiger partial charge in [0.15, 0.2) is 0 Å². The highest BCUT2D eigenvalue weighted by Gasteiger charge is 2.09. The highest BCUT2D eigenvalue weighted by molar-refractivity contribution is 7.99. The van der Waals surface area contributed by atoms with E-state index >= 15 is 0 Å². The number of rotatable bonds is 8. The second-order valence-electron chi connectivity index (χ2n) is 6.50. The Balaban J connectivity index is 1.44. The van der Waals surface area contributed by atoms with Gasteiger partial charge in [0, 0.05) is 10.9 Å². The van der Waals surface area contributed by atoms with Crippen molar-refractivity contribution in [3.8, 4) is 0 Å². The average molecular weight is 439 g/mol. The lowest BCUT2D eigenvalue weighted by atomic mass is 9.99. The van der Waals surface area contributed by atoms with Crippen LogP contribution in [-0.4, -0.2) is 12.3 Å². The van der Waals surface area contributed by atoms with E-state index in [-0.39, 0.29) is 0 Å². The molecule has 0 spiro atoms. The third-order valence-corrected chi connectivity index (χ3v) is 6.83. The van der Waals surface area contributed by atoms with Gasteiger partial charge >= 0.3 is 0 Å². The lowest BCUT2D eigenvalue weighted by Gasteiger charge is -2.16. The summed E-state index contributed by atoms with van der Waals surface area (Å²) >= 11 is 20.0. The predicted octanol–water partition coefficient (Wildman–Crippen LogP) is 8.02. The highest BCUT2D eigenvalue weighted by Crippen LogP contribution is 2.35. The summed E-state index contributed by atoms with van der Waals surface area (Å²) in [5.74, 6) is 1.00. The molecule has 3 aromatic carbocycles. The lowest BCUT2D eigenvalue weighted by Crippen LogP contribution is -2.20. The van der Waals surface area contributed by atoms with Gasteiger partial charge in [-0.3, -0.25) is 0 Å². The fourth-order valence-electron chi connectivity index (χ4n) is 3.08. The maximum atomic E-state index is 6.22. The average Bonchev–Trinajstić information content (AvgIpc) is 2.67. The quantitative estimate of drug-likeness (QED) is 0.217. The molecule has 27 heavy (non-hydrogen) atoms. The first kappa shape index (κ1) is 20.8. The van der Waals surface area contributed by atoms with Crippen molar-refractivity contribution in [2.45, 2.75) is 30.7 Å². The normalized spacial score (nSPS) is 12.4. The molecule has 1 N–H and O–H groups in total. The maximum absolute atomic E-state index is 6.22. The van der Waals surface area contributed by atoms with E-state index in [9.17, 15) is 0 Å². The Labute approximate surface area is 180 Å². The summed E-state index contributed by atoms with van der Waals surface area (Å²) in [5.41, 5.74) is 1.35. The second kappa shape index (κ2) is 10.0. The van der Waals surface area contributed by atoms with Gasteiger partial charge in [-0.2, -0.15) is 0 Å². The molecule has 0 amide bonds. The number of halogens is 3. The Hall–Kier alpha value is -0.900. The van der Waals surface area contributed by atoms with Crippen LogP contribution in [0.1, 0.15) is 31.4 Å². The van der Waals surface area contributed by atoms with Crippen LogP contribution in [0.25, 0.3) is 10.8 Å². The van der Waals surface area contributed by atoms with E-state index in [1.165, 1.54) is 16.3 Å². The fourth-order valence-corrected chi connectivity index (χ4v) is 4.82. The van der Waals surface area contributed by atoms with Gasteiger partial charge in [0.2, 0.25) is 0 Å². The summed E-state index contributed by atoms with van der Waals surface area (Å²) in [6.07, 6.45) is 2.22. The van der Waals surface area contributed by atoms with E-state index < -0.39 is 0 Å². The summed E-state index contributed by atoms with van der Waals surface area (Å²) < 4.78 is 0. The van der Waals surface area contributed by atoms with Crippen LogP contribution in [0.4, 0.5) is 0 Å². The van der Waals surface area contributed by atoms with Crippen LogP contribution >= 0.6 is 46.6 Å². The molecule has 0 aliphatic rings. The molecule has 0 heterocycles. The molecule has 1 atom stereocenters. The Kier molecular flexibility index (Phi) is 7.75. The molecule has 0 aromatic heterocycles. The molecule has 0 unspecified atom stereocenters. The maximum Gasteiger partial charge on any atom is 0.0607 e. The fraction of sp³-hybridized carbons (Fsp3) is 0.273. The lowest BCUT2D eigenvalue weighted by molar-refractivity contribution is 0.558. The molecule has 0 aliphatic heterocycles. The molecule has 5 heteroatoms. The molecule has 0 aliphatic carbocycles. The number of nitrogens with one attached hydrogen (secondary N) is 1. The predicted molar refractivity (Wildman–Crippen MR) is 122 cm³/mol. The van der Waals surface area contributed by atoms with Crippen LogP contribution in [0.2, 0.25) is 15.1 Å². The van der Waals surface area contributed by atoms with Crippen molar-refractivity contribution >= 4 is 57.3 Å². The number of fused-ring (bicyclic) bond motifs is 1. The van der Waals surface area contributed by atoms with Gasteiger partial charge in [0.25, 0.3) is 0 Å². The molecule has 0 saturated heterocycles. The number of hydrogen-bond donors (Lipinski definition) is 1. The zero-order valence-corrected chi connectivity index (χ0v) is 18.2. The van der Waals surface area contributed by atoms with E-state index in [1.807, 2.05) is 6.07 Å². The van der Waals surface area contributed by atoms with Crippen molar-refractivity contribution in [3.05, 3.63) is 75.2 Å². The number of benzene rings is 3. The molecule has 3 rings (SSSR count). The van der Waals surface area contributed by atoms with Crippen molar-refractivity contribution in [3.63, 3.8) is 0 Å². The van der Waals surface area contributed by atoms with Gasteiger partial charge in [-0.25, -0.2) is 0 Å². The van der Waals surface area contributed by atoms with Gasteiger partial charge in [-0.05, 0) is 60.5 Å². The summed E-state index contributed by atoms with van der Waals surface area (Å²) in [4.78, 5) is 0.989. The summed E-state index contributed by atoms with van der Waals surface area (Å²) in [6, 6.07) is 18.9. The van der Waals surface area contributed by atoms with Crippen molar-refractivity contribution in [2.24, 2.45) is 0 Å². The van der Waals surface area contributed by atoms with Crippen molar-refractivity contribution in [1.82, 2.24) is 5.32 Å². The molecule has 0 radical (unpaired) electrons. The van der Waals surface area contributed by atoms with Crippen molar-refractivity contribution in [2.75, 3.05) is 12.3 Å². The number of unbranched alkanes of at least 4 members (excludes halogenated alkanes) is 1.